The molecular formula is C22H23N3O5. The minimum atomic E-state index is -0.546. The number of nitrogens with one attached hydrogen (secondary N) is 1. The summed E-state index contributed by atoms with van der Waals surface area (Å²) in [5.74, 6) is -0.414. The Morgan fingerprint density at radius 3 is 2.73 bits per heavy atom. The summed E-state index contributed by atoms with van der Waals surface area (Å²) in [6.07, 6.45) is 4.55. The Labute approximate surface area is 174 Å². The fourth-order valence-electron chi connectivity index (χ4n) is 4.01. The molecule has 0 saturated heterocycles. The molecule has 1 N–H and O–H groups in total. The number of non-ortho nitro benzene ring substituents is 1. The highest BCUT2D eigenvalue weighted by Crippen LogP contribution is 2.35. The first kappa shape index (κ1) is 19.9. The molecule has 4 rings (SSSR count). The maximum Gasteiger partial charge on any atom is 0.271 e. The van der Waals surface area contributed by atoms with Gasteiger partial charge in [-0.1, -0.05) is 18.2 Å². The number of hydrogen-bond acceptors (Lipinski definition) is 5. The molecule has 30 heavy (non-hydrogen) atoms. The van der Waals surface area contributed by atoms with E-state index in [4.69, 9.17) is 4.74 Å². The molecule has 8 heteroatoms. The van der Waals surface area contributed by atoms with Crippen LogP contribution in [0.15, 0.2) is 36.4 Å². The third-order valence-electron chi connectivity index (χ3n) is 5.65. The highest BCUT2D eigenvalue weighted by atomic mass is 16.6. The first-order chi connectivity index (χ1) is 14.4. The molecule has 0 saturated carbocycles. The van der Waals surface area contributed by atoms with Crippen LogP contribution in [0.3, 0.4) is 0 Å². The Hall–Kier alpha value is -3.42. The van der Waals surface area contributed by atoms with Gasteiger partial charge in [0.2, 0.25) is 5.91 Å². The van der Waals surface area contributed by atoms with Crippen LogP contribution in [0.5, 0.6) is 5.75 Å². The number of hydrogen-bond donors (Lipinski definition) is 1. The van der Waals surface area contributed by atoms with Crippen LogP contribution in [0.25, 0.3) is 0 Å². The molecule has 8 nitrogen and oxygen atoms in total. The molecule has 1 atom stereocenters. The maximum absolute atomic E-state index is 12.7. The molecule has 2 aromatic carbocycles. The number of fused-ring (bicyclic) bond motifs is 2. The largest absolute Gasteiger partial charge is 0.482 e. The Bertz CT molecular complexity index is 1020. The molecule has 2 aliphatic rings. The van der Waals surface area contributed by atoms with Crippen LogP contribution in [-0.2, 0) is 22.4 Å². The number of carbonyl (C=O) groups excluding carboxylic acids is 2. The van der Waals surface area contributed by atoms with Gasteiger partial charge in [-0.3, -0.25) is 24.6 Å². The van der Waals surface area contributed by atoms with E-state index in [9.17, 15) is 19.7 Å². The predicted molar refractivity (Wildman–Crippen MR) is 111 cm³/mol. The number of amides is 2. The number of nitro groups is 1. The van der Waals surface area contributed by atoms with Crippen molar-refractivity contribution in [3.63, 3.8) is 0 Å². The number of nitrogens with zero attached hydrogens (tertiary/aromatic N) is 2. The maximum atomic E-state index is 12.7. The third kappa shape index (κ3) is 3.98. The summed E-state index contributed by atoms with van der Waals surface area (Å²) in [7, 11) is 0. The van der Waals surface area contributed by atoms with Crippen molar-refractivity contribution in [2.45, 2.75) is 38.6 Å². The zero-order valence-electron chi connectivity index (χ0n) is 16.7. The topological polar surface area (TPSA) is 102 Å². The molecule has 1 aliphatic carbocycles. The summed E-state index contributed by atoms with van der Waals surface area (Å²) in [5, 5.41) is 14.0. The van der Waals surface area contributed by atoms with E-state index in [1.165, 1.54) is 47.1 Å². The second-order valence-electron chi connectivity index (χ2n) is 7.70. The zero-order chi connectivity index (χ0) is 21.3. The van der Waals surface area contributed by atoms with Gasteiger partial charge in [-0.25, -0.2) is 0 Å². The molecule has 0 aromatic heterocycles. The molecule has 1 aliphatic heterocycles. The highest BCUT2D eigenvalue weighted by molar-refractivity contribution is 6.02. The van der Waals surface area contributed by atoms with Gasteiger partial charge in [0.05, 0.1) is 16.7 Å². The quantitative estimate of drug-likeness (QED) is 0.604. The van der Waals surface area contributed by atoms with Crippen molar-refractivity contribution in [1.82, 2.24) is 5.32 Å². The SMILES string of the molecule is C[C@H](NC(=O)CN1C(=O)COc2ccc([N+](=O)[O-])cc21)c1ccc2c(c1)CCCC2. The first-order valence-electron chi connectivity index (χ1n) is 10.0. The van der Waals surface area contributed by atoms with E-state index in [-0.39, 0.29) is 36.5 Å². The molecule has 0 unspecified atom stereocenters. The third-order valence-corrected chi connectivity index (χ3v) is 5.65. The minimum Gasteiger partial charge on any atom is -0.482 e. The van der Waals surface area contributed by atoms with Gasteiger partial charge in [0.15, 0.2) is 6.61 Å². The van der Waals surface area contributed by atoms with E-state index >= 15 is 0 Å². The van der Waals surface area contributed by atoms with Gasteiger partial charge in [-0.15, -0.1) is 0 Å². The molecule has 0 fully saturated rings. The van der Waals surface area contributed by atoms with E-state index in [0.717, 1.165) is 18.4 Å². The molecule has 0 spiro atoms. The number of nitro benzene ring substituents is 1. The zero-order valence-corrected chi connectivity index (χ0v) is 16.7. The van der Waals surface area contributed by atoms with Crippen molar-refractivity contribution in [2.75, 3.05) is 18.1 Å². The molecular weight excluding hydrogens is 386 g/mol. The second kappa shape index (κ2) is 8.14. The van der Waals surface area contributed by atoms with E-state index < -0.39 is 10.8 Å². The van der Waals surface area contributed by atoms with Gasteiger partial charge >= 0.3 is 0 Å². The van der Waals surface area contributed by atoms with Crippen molar-refractivity contribution in [1.29, 1.82) is 0 Å². The van der Waals surface area contributed by atoms with Crippen molar-refractivity contribution < 1.29 is 19.2 Å². The normalized spacial score (nSPS) is 16.2. The predicted octanol–water partition coefficient (Wildman–Crippen LogP) is 3.08. The molecule has 0 bridgehead atoms. The van der Waals surface area contributed by atoms with Crippen LogP contribution in [0.2, 0.25) is 0 Å². The van der Waals surface area contributed by atoms with Gasteiger partial charge in [0, 0.05) is 12.1 Å². The first-order valence-corrected chi connectivity index (χ1v) is 10.0. The van der Waals surface area contributed by atoms with Gasteiger partial charge < -0.3 is 10.1 Å². The van der Waals surface area contributed by atoms with Crippen molar-refractivity contribution in [3.8, 4) is 5.75 Å². The van der Waals surface area contributed by atoms with Gasteiger partial charge in [0.25, 0.3) is 11.6 Å². The van der Waals surface area contributed by atoms with Crippen LogP contribution in [0, 0.1) is 10.1 Å². The molecule has 2 aromatic rings. The number of ether oxygens (including phenoxy) is 1. The van der Waals surface area contributed by atoms with Crippen LogP contribution >= 0.6 is 0 Å². The Morgan fingerprint density at radius 2 is 1.97 bits per heavy atom. The van der Waals surface area contributed by atoms with E-state index in [1.54, 1.807) is 0 Å². The fourth-order valence-corrected chi connectivity index (χ4v) is 4.01. The summed E-state index contributed by atoms with van der Waals surface area (Å²) in [4.78, 5) is 36.8. The monoisotopic (exact) mass is 409 g/mol. The van der Waals surface area contributed by atoms with Crippen molar-refractivity contribution in [3.05, 3.63) is 63.2 Å². The number of carbonyl (C=O) groups is 2. The highest BCUT2D eigenvalue weighted by Gasteiger charge is 2.29. The number of benzene rings is 2. The van der Waals surface area contributed by atoms with E-state index in [0.29, 0.717) is 5.75 Å². The van der Waals surface area contributed by atoms with E-state index in [2.05, 4.69) is 17.4 Å². The van der Waals surface area contributed by atoms with Crippen LogP contribution < -0.4 is 15.0 Å². The van der Waals surface area contributed by atoms with Gasteiger partial charge in [-0.05, 0) is 55.4 Å². The van der Waals surface area contributed by atoms with Gasteiger partial charge in [-0.2, -0.15) is 0 Å². The molecule has 2 amide bonds. The lowest BCUT2D eigenvalue weighted by Gasteiger charge is -2.29. The lowest BCUT2D eigenvalue weighted by molar-refractivity contribution is -0.384. The summed E-state index contributed by atoms with van der Waals surface area (Å²) in [6.45, 7) is 1.46. The smallest absolute Gasteiger partial charge is 0.271 e. The Morgan fingerprint density at radius 1 is 1.20 bits per heavy atom. The van der Waals surface area contributed by atoms with Crippen LogP contribution in [0.4, 0.5) is 11.4 Å². The van der Waals surface area contributed by atoms with Crippen LogP contribution in [0.1, 0.15) is 42.5 Å². The van der Waals surface area contributed by atoms with Crippen molar-refractivity contribution >= 4 is 23.2 Å². The number of rotatable bonds is 5. The average Bonchev–Trinajstić information content (AvgIpc) is 2.75. The lowest BCUT2D eigenvalue weighted by Crippen LogP contribution is -2.45. The van der Waals surface area contributed by atoms with Gasteiger partial charge in [0.1, 0.15) is 12.3 Å². The second-order valence-corrected chi connectivity index (χ2v) is 7.70. The lowest BCUT2D eigenvalue weighted by atomic mass is 9.89. The Balaban J connectivity index is 1.48. The van der Waals surface area contributed by atoms with E-state index in [1.807, 2.05) is 13.0 Å². The standard InChI is InChI=1S/C22H23N3O5/c1-14(16-7-6-15-4-2-3-5-17(15)10-16)23-21(26)12-24-19-11-18(25(28)29)8-9-20(19)30-13-22(24)27/h6-11,14H,2-5,12-13H2,1H3,(H,23,26)/t14-/m0/s1. The van der Waals surface area contributed by atoms with Crippen LogP contribution in [-0.4, -0.2) is 29.9 Å². The number of aryl methyl sites for hydroxylation is 2. The average molecular weight is 409 g/mol. The molecule has 1 heterocycles. The number of anilines is 1. The Kier molecular flexibility index (Phi) is 5.39. The fraction of sp³-hybridized carbons (Fsp3) is 0.364. The van der Waals surface area contributed by atoms with Crippen molar-refractivity contribution in [2.24, 2.45) is 0 Å². The molecule has 0 radical (unpaired) electrons. The minimum absolute atomic E-state index is 0.167. The summed E-state index contributed by atoms with van der Waals surface area (Å²) < 4.78 is 5.34. The molecule has 156 valence electrons. The summed E-state index contributed by atoms with van der Waals surface area (Å²) >= 11 is 0. The summed E-state index contributed by atoms with van der Waals surface area (Å²) in [5.41, 5.74) is 3.80. The summed E-state index contributed by atoms with van der Waals surface area (Å²) in [6, 6.07) is 10.1.